The van der Waals surface area contributed by atoms with E-state index in [0.717, 1.165) is 24.2 Å². The van der Waals surface area contributed by atoms with Crippen LogP contribution in [-0.2, 0) is 22.2 Å². The largest absolute Gasteiger partial charge is 0.349 e. The van der Waals surface area contributed by atoms with E-state index in [9.17, 15) is 8.42 Å². The zero-order chi connectivity index (χ0) is 13.6. The molecule has 0 unspecified atom stereocenters. The number of H-pyrrole nitrogens is 1. The van der Waals surface area contributed by atoms with Gasteiger partial charge in [0.15, 0.2) is 0 Å². The van der Waals surface area contributed by atoms with Gasteiger partial charge in [0.05, 0.1) is 5.75 Å². The average molecular weight is 279 g/mol. The van der Waals surface area contributed by atoms with E-state index in [1.807, 2.05) is 30.3 Å². The average Bonchev–Trinajstić information content (AvgIpc) is 2.88. The fourth-order valence-electron chi connectivity index (χ4n) is 1.76. The molecule has 1 aromatic carbocycles. The lowest BCUT2D eigenvalue weighted by Crippen LogP contribution is -2.26. The molecule has 2 N–H and O–H groups in total. The first-order valence-corrected chi connectivity index (χ1v) is 7.80. The van der Waals surface area contributed by atoms with E-state index in [1.165, 1.54) is 0 Å². The van der Waals surface area contributed by atoms with Gasteiger partial charge in [0, 0.05) is 25.4 Å². The van der Waals surface area contributed by atoms with E-state index in [4.69, 9.17) is 0 Å². The topological polar surface area (TPSA) is 74.8 Å². The first-order valence-electron chi connectivity index (χ1n) is 6.15. The fourth-order valence-corrected chi connectivity index (χ4v) is 2.95. The number of benzene rings is 1. The monoisotopic (exact) mass is 279 g/mol. The summed E-state index contributed by atoms with van der Waals surface area (Å²) in [7, 11) is -3.26. The number of nitrogens with one attached hydrogen (secondary N) is 2. The molecular weight excluding hydrogens is 262 g/mol. The smallest absolute Gasteiger partial charge is 0.215 e. The summed E-state index contributed by atoms with van der Waals surface area (Å²) in [6.07, 6.45) is 4.91. The molecule has 19 heavy (non-hydrogen) atoms. The molecule has 0 aliphatic heterocycles. The van der Waals surface area contributed by atoms with Crippen LogP contribution in [0.5, 0.6) is 0 Å². The molecular formula is C13H17N3O2S. The predicted molar refractivity (Wildman–Crippen MR) is 74.0 cm³/mol. The SMILES string of the molecule is O=S(=O)(Cc1ccccc1)NCCCc1ncc[nH]1. The van der Waals surface area contributed by atoms with Crippen molar-refractivity contribution < 1.29 is 8.42 Å². The summed E-state index contributed by atoms with van der Waals surface area (Å²) in [5.74, 6) is 0.900. The van der Waals surface area contributed by atoms with Gasteiger partial charge in [0.1, 0.15) is 5.82 Å². The van der Waals surface area contributed by atoms with Crippen LogP contribution in [0.1, 0.15) is 17.8 Å². The number of hydrogen-bond acceptors (Lipinski definition) is 3. The molecule has 1 heterocycles. The molecule has 0 amide bonds. The standard InChI is InChI=1S/C13H17N3O2S/c17-19(18,11-12-5-2-1-3-6-12)16-8-4-7-13-14-9-10-15-13/h1-3,5-6,9-10,16H,4,7-8,11H2,(H,14,15). The minimum absolute atomic E-state index is 0.0224. The third kappa shape index (κ3) is 4.84. The van der Waals surface area contributed by atoms with Crippen LogP contribution in [0, 0.1) is 0 Å². The summed E-state index contributed by atoms with van der Waals surface area (Å²) in [5, 5.41) is 0. The quantitative estimate of drug-likeness (QED) is 0.753. The Kier molecular flexibility index (Phi) is 4.70. The first kappa shape index (κ1) is 13.8. The number of aryl methyl sites for hydroxylation is 1. The Bertz CT molecular complexity index is 580. The number of aromatic amines is 1. The van der Waals surface area contributed by atoms with E-state index >= 15 is 0 Å². The Morgan fingerprint density at radius 1 is 1.21 bits per heavy atom. The summed E-state index contributed by atoms with van der Waals surface area (Å²) >= 11 is 0. The maximum absolute atomic E-state index is 11.8. The molecule has 0 aliphatic rings. The zero-order valence-electron chi connectivity index (χ0n) is 10.5. The first-order chi connectivity index (χ1) is 9.16. The van der Waals surface area contributed by atoms with Crippen LogP contribution >= 0.6 is 0 Å². The van der Waals surface area contributed by atoms with E-state index in [1.54, 1.807) is 12.4 Å². The van der Waals surface area contributed by atoms with Gasteiger partial charge in [-0.2, -0.15) is 0 Å². The van der Waals surface area contributed by atoms with Gasteiger partial charge < -0.3 is 4.98 Å². The van der Waals surface area contributed by atoms with E-state index in [2.05, 4.69) is 14.7 Å². The fraction of sp³-hybridized carbons (Fsp3) is 0.308. The van der Waals surface area contributed by atoms with Crippen molar-refractivity contribution in [1.29, 1.82) is 0 Å². The molecule has 0 saturated carbocycles. The highest BCUT2D eigenvalue weighted by Crippen LogP contribution is 2.04. The van der Waals surface area contributed by atoms with Crippen molar-refractivity contribution in [2.24, 2.45) is 0 Å². The minimum atomic E-state index is -3.26. The molecule has 2 aromatic rings. The highest BCUT2D eigenvalue weighted by molar-refractivity contribution is 7.88. The molecule has 0 atom stereocenters. The third-order valence-electron chi connectivity index (χ3n) is 2.67. The molecule has 0 radical (unpaired) electrons. The lowest BCUT2D eigenvalue weighted by molar-refractivity contribution is 0.577. The van der Waals surface area contributed by atoms with Gasteiger partial charge >= 0.3 is 0 Å². The Labute approximate surface area is 113 Å². The Morgan fingerprint density at radius 3 is 2.68 bits per heavy atom. The van der Waals surface area contributed by atoms with Crippen molar-refractivity contribution in [3.63, 3.8) is 0 Å². The van der Waals surface area contributed by atoms with Crippen molar-refractivity contribution in [3.8, 4) is 0 Å². The van der Waals surface area contributed by atoms with Crippen molar-refractivity contribution >= 4 is 10.0 Å². The second kappa shape index (κ2) is 6.49. The van der Waals surface area contributed by atoms with Gasteiger partial charge in [-0.1, -0.05) is 30.3 Å². The molecule has 0 saturated heterocycles. The number of rotatable bonds is 7. The number of nitrogens with zero attached hydrogens (tertiary/aromatic N) is 1. The minimum Gasteiger partial charge on any atom is -0.349 e. The third-order valence-corrected chi connectivity index (χ3v) is 4.02. The summed E-state index contributed by atoms with van der Waals surface area (Å²) in [5.41, 5.74) is 0.793. The van der Waals surface area contributed by atoms with Crippen LogP contribution < -0.4 is 4.72 Å². The Hall–Kier alpha value is -1.66. The second-order valence-corrected chi connectivity index (χ2v) is 6.09. The van der Waals surface area contributed by atoms with Gasteiger partial charge in [-0.3, -0.25) is 0 Å². The van der Waals surface area contributed by atoms with Crippen molar-refractivity contribution in [3.05, 3.63) is 54.1 Å². The van der Waals surface area contributed by atoms with E-state index < -0.39 is 10.0 Å². The predicted octanol–water partition coefficient (Wildman–Crippen LogP) is 1.46. The number of hydrogen-bond donors (Lipinski definition) is 2. The molecule has 0 spiro atoms. The Morgan fingerprint density at radius 2 is 2.00 bits per heavy atom. The van der Waals surface area contributed by atoms with Gasteiger partial charge in [-0.25, -0.2) is 18.1 Å². The van der Waals surface area contributed by atoms with Gasteiger partial charge in [0.2, 0.25) is 10.0 Å². The molecule has 102 valence electrons. The lowest BCUT2D eigenvalue weighted by atomic mass is 10.2. The van der Waals surface area contributed by atoms with Crippen LogP contribution in [0.15, 0.2) is 42.7 Å². The van der Waals surface area contributed by atoms with Gasteiger partial charge in [-0.15, -0.1) is 0 Å². The van der Waals surface area contributed by atoms with Crippen molar-refractivity contribution in [2.75, 3.05) is 6.54 Å². The molecule has 5 nitrogen and oxygen atoms in total. The number of sulfonamides is 1. The zero-order valence-corrected chi connectivity index (χ0v) is 11.4. The number of aromatic nitrogens is 2. The molecule has 2 rings (SSSR count). The summed E-state index contributed by atoms with van der Waals surface area (Å²) in [6, 6.07) is 9.15. The van der Waals surface area contributed by atoms with Crippen LogP contribution in [-0.4, -0.2) is 24.9 Å². The van der Waals surface area contributed by atoms with Gasteiger partial charge in [-0.05, 0) is 12.0 Å². The van der Waals surface area contributed by atoms with Crippen molar-refractivity contribution in [1.82, 2.24) is 14.7 Å². The summed E-state index contributed by atoms with van der Waals surface area (Å²) in [6.45, 7) is 0.426. The second-order valence-electron chi connectivity index (χ2n) is 4.28. The van der Waals surface area contributed by atoms with Crippen LogP contribution in [0.2, 0.25) is 0 Å². The highest BCUT2D eigenvalue weighted by atomic mass is 32.2. The Balaban J connectivity index is 1.75. The van der Waals surface area contributed by atoms with Crippen LogP contribution in [0.3, 0.4) is 0 Å². The van der Waals surface area contributed by atoms with Crippen molar-refractivity contribution in [2.45, 2.75) is 18.6 Å². The van der Waals surface area contributed by atoms with Crippen LogP contribution in [0.25, 0.3) is 0 Å². The normalized spacial score (nSPS) is 11.6. The van der Waals surface area contributed by atoms with E-state index in [-0.39, 0.29) is 5.75 Å². The number of imidazole rings is 1. The van der Waals surface area contributed by atoms with E-state index in [0.29, 0.717) is 6.54 Å². The lowest BCUT2D eigenvalue weighted by Gasteiger charge is -2.06. The molecule has 0 bridgehead atoms. The maximum Gasteiger partial charge on any atom is 0.215 e. The van der Waals surface area contributed by atoms with Crippen LogP contribution in [0.4, 0.5) is 0 Å². The molecule has 6 heteroatoms. The molecule has 0 fully saturated rings. The maximum atomic E-state index is 11.8. The highest BCUT2D eigenvalue weighted by Gasteiger charge is 2.10. The molecule has 1 aromatic heterocycles. The van der Waals surface area contributed by atoms with Gasteiger partial charge in [0.25, 0.3) is 0 Å². The summed E-state index contributed by atoms with van der Waals surface area (Å²) in [4.78, 5) is 7.07. The summed E-state index contributed by atoms with van der Waals surface area (Å²) < 4.78 is 26.3. The molecule has 0 aliphatic carbocycles.